The van der Waals surface area contributed by atoms with Crippen molar-refractivity contribution >= 4 is 10.8 Å². The number of allylic oxidation sites excluding steroid dienone is 1. The lowest BCUT2D eigenvalue weighted by Crippen LogP contribution is -2.34. The average molecular weight is 347 g/mol. The van der Waals surface area contributed by atoms with E-state index in [1.54, 1.807) is 0 Å². The van der Waals surface area contributed by atoms with Crippen molar-refractivity contribution in [3.05, 3.63) is 71.3 Å². The second-order valence-electron chi connectivity index (χ2n) is 6.98. The number of fused-ring (bicyclic) bond motifs is 2. The number of benzene rings is 2. The highest BCUT2D eigenvalue weighted by atomic mass is 32.2. The molecular weight excluding hydrogens is 326 g/mol. The monoisotopic (exact) mass is 347 g/mol. The Morgan fingerprint density at radius 2 is 1.88 bits per heavy atom. The third-order valence-electron chi connectivity index (χ3n) is 5.30. The van der Waals surface area contributed by atoms with E-state index in [1.807, 2.05) is 24.3 Å². The predicted molar refractivity (Wildman–Crippen MR) is 103 cm³/mol. The van der Waals surface area contributed by atoms with E-state index in [1.165, 1.54) is 17.6 Å². The van der Waals surface area contributed by atoms with Gasteiger partial charge in [0, 0.05) is 16.0 Å². The highest BCUT2D eigenvalue weighted by Gasteiger charge is 2.32. The first-order chi connectivity index (χ1) is 12.2. The Hall–Kier alpha value is -2.18. The zero-order chi connectivity index (χ0) is 17.2. The van der Waals surface area contributed by atoms with Gasteiger partial charge in [0.2, 0.25) is 0 Å². The van der Waals surface area contributed by atoms with Crippen molar-refractivity contribution in [2.45, 2.75) is 42.6 Å². The molecule has 3 unspecified atom stereocenters. The molecule has 3 atom stereocenters. The van der Waals surface area contributed by atoms with Crippen LogP contribution in [0.2, 0.25) is 0 Å². The van der Waals surface area contributed by atoms with Gasteiger partial charge in [-0.2, -0.15) is 5.26 Å². The molecular formula is C22H21NOS. The fourth-order valence-electron chi connectivity index (χ4n) is 4.01. The molecule has 0 N–H and O–H groups in total. The first-order valence-corrected chi connectivity index (χ1v) is 10.2. The van der Waals surface area contributed by atoms with Gasteiger partial charge in [-0.25, -0.2) is 0 Å². The fourth-order valence-corrected chi connectivity index (χ4v) is 6.01. The lowest BCUT2D eigenvalue weighted by molar-refractivity contribution is 0.563. The molecule has 0 radical (unpaired) electrons. The summed E-state index contributed by atoms with van der Waals surface area (Å²) >= 11 is 0. The van der Waals surface area contributed by atoms with E-state index in [0.29, 0.717) is 10.8 Å². The van der Waals surface area contributed by atoms with Gasteiger partial charge in [-0.1, -0.05) is 60.5 Å². The molecule has 0 saturated carbocycles. The molecule has 25 heavy (non-hydrogen) atoms. The van der Waals surface area contributed by atoms with Crippen LogP contribution >= 0.6 is 0 Å². The first-order valence-electron chi connectivity index (χ1n) is 8.92. The molecule has 0 aromatic heterocycles. The van der Waals surface area contributed by atoms with Gasteiger partial charge in [0.15, 0.2) is 0 Å². The van der Waals surface area contributed by atoms with E-state index in [2.05, 4.69) is 36.4 Å². The summed E-state index contributed by atoms with van der Waals surface area (Å²) in [6, 6.07) is 18.5. The number of hydrogen-bond donors (Lipinski definition) is 0. The van der Waals surface area contributed by atoms with Crippen LogP contribution in [0.15, 0.2) is 60.2 Å². The van der Waals surface area contributed by atoms with E-state index in [0.717, 1.165) is 36.8 Å². The number of nitriles is 1. The summed E-state index contributed by atoms with van der Waals surface area (Å²) in [7, 11) is -0.654. The SMILES string of the molecule is N#Cc1ccccc1-c1ccc(CC2=CC3CCCC(C2)S3=O)cc1. The Labute approximate surface area is 151 Å². The molecule has 2 aliphatic heterocycles. The van der Waals surface area contributed by atoms with Crippen LogP contribution in [0.1, 0.15) is 36.8 Å². The van der Waals surface area contributed by atoms with E-state index < -0.39 is 10.8 Å². The predicted octanol–water partition coefficient (Wildman–Crippen LogP) is 4.77. The zero-order valence-corrected chi connectivity index (χ0v) is 15.0. The lowest BCUT2D eigenvalue weighted by Gasteiger charge is -2.32. The Balaban J connectivity index is 1.54. The van der Waals surface area contributed by atoms with Gasteiger partial charge in [-0.05, 0) is 48.4 Å². The molecule has 0 spiro atoms. The highest BCUT2D eigenvalue weighted by Crippen LogP contribution is 2.34. The van der Waals surface area contributed by atoms with Crippen molar-refractivity contribution < 1.29 is 4.21 Å². The topological polar surface area (TPSA) is 40.9 Å². The van der Waals surface area contributed by atoms with E-state index in [4.69, 9.17) is 0 Å². The maximum Gasteiger partial charge on any atom is 0.0998 e. The third kappa shape index (κ3) is 3.32. The van der Waals surface area contributed by atoms with Crippen LogP contribution in [0.4, 0.5) is 0 Å². The Bertz CT molecular complexity index is 876. The standard InChI is InChI=1S/C22H21NOS/c23-15-19-4-1-2-7-22(19)18-10-8-16(9-11-18)12-17-13-20-5-3-6-21(14-17)25(20)24/h1-2,4,7-11,13,20-21H,3,5-6,12,14H2. The van der Waals surface area contributed by atoms with Crippen molar-refractivity contribution in [3.63, 3.8) is 0 Å². The molecule has 2 aliphatic rings. The van der Waals surface area contributed by atoms with Gasteiger partial charge in [-0.15, -0.1) is 0 Å². The largest absolute Gasteiger partial charge is 0.259 e. The highest BCUT2D eigenvalue weighted by molar-refractivity contribution is 7.86. The Morgan fingerprint density at radius 1 is 1.08 bits per heavy atom. The number of nitrogens with zero attached hydrogens (tertiary/aromatic N) is 1. The molecule has 1 fully saturated rings. The summed E-state index contributed by atoms with van der Waals surface area (Å²) in [4.78, 5) is 0. The summed E-state index contributed by atoms with van der Waals surface area (Å²) in [5, 5.41) is 9.93. The fraction of sp³-hybridized carbons (Fsp3) is 0.318. The molecule has 4 rings (SSSR count). The molecule has 2 aromatic carbocycles. The van der Waals surface area contributed by atoms with E-state index in [-0.39, 0.29) is 5.25 Å². The van der Waals surface area contributed by atoms with Crippen molar-refractivity contribution in [1.82, 2.24) is 0 Å². The number of rotatable bonds is 3. The summed E-state index contributed by atoms with van der Waals surface area (Å²) < 4.78 is 12.3. The normalized spacial score (nSPS) is 25.1. The first kappa shape index (κ1) is 16.3. The average Bonchev–Trinajstić information content (AvgIpc) is 2.63. The minimum atomic E-state index is -0.654. The molecule has 126 valence electrons. The molecule has 2 heterocycles. The molecule has 2 bridgehead atoms. The summed E-state index contributed by atoms with van der Waals surface area (Å²) in [5.41, 5.74) is 5.50. The molecule has 1 saturated heterocycles. The molecule has 0 amide bonds. The second-order valence-corrected chi connectivity index (χ2v) is 8.91. The van der Waals surface area contributed by atoms with Crippen molar-refractivity contribution in [1.29, 1.82) is 5.26 Å². The van der Waals surface area contributed by atoms with Gasteiger partial charge in [0.25, 0.3) is 0 Å². The van der Waals surface area contributed by atoms with Gasteiger partial charge in [-0.3, -0.25) is 4.21 Å². The maximum absolute atomic E-state index is 12.3. The Kier molecular flexibility index (Phi) is 4.55. The molecule has 0 aliphatic carbocycles. The quantitative estimate of drug-likeness (QED) is 0.751. The van der Waals surface area contributed by atoms with Crippen LogP contribution in [0.3, 0.4) is 0 Å². The lowest BCUT2D eigenvalue weighted by atomic mass is 9.92. The van der Waals surface area contributed by atoms with Gasteiger partial charge >= 0.3 is 0 Å². The smallest absolute Gasteiger partial charge is 0.0998 e. The van der Waals surface area contributed by atoms with Crippen LogP contribution in [0.25, 0.3) is 11.1 Å². The van der Waals surface area contributed by atoms with Crippen LogP contribution < -0.4 is 0 Å². The van der Waals surface area contributed by atoms with Crippen LogP contribution in [-0.4, -0.2) is 14.7 Å². The molecule has 2 aromatic rings. The molecule has 3 heteroatoms. The minimum absolute atomic E-state index is 0.282. The summed E-state index contributed by atoms with van der Waals surface area (Å²) in [6.45, 7) is 0. The van der Waals surface area contributed by atoms with E-state index in [9.17, 15) is 9.47 Å². The van der Waals surface area contributed by atoms with E-state index >= 15 is 0 Å². The Morgan fingerprint density at radius 3 is 2.64 bits per heavy atom. The zero-order valence-electron chi connectivity index (χ0n) is 14.2. The summed E-state index contributed by atoms with van der Waals surface area (Å²) in [6.07, 6.45) is 7.63. The maximum atomic E-state index is 12.3. The van der Waals surface area contributed by atoms with Crippen molar-refractivity contribution in [2.75, 3.05) is 0 Å². The van der Waals surface area contributed by atoms with Crippen LogP contribution in [0.5, 0.6) is 0 Å². The van der Waals surface area contributed by atoms with Crippen LogP contribution in [0, 0.1) is 11.3 Å². The van der Waals surface area contributed by atoms with Crippen molar-refractivity contribution in [3.8, 4) is 17.2 Å². The summed E-state index contributed by atoms with van der Waals surface area (Å²) in [5.74, 6) is 0. The van der Waals surface area contributed by atoms with Gasteiger partial charge in [0.05, 0.1) is 16.9 Å². The third-order valence-corrected chi connectivity index (χ3v) is 7.32. The van der Waals surface area contributed by atoms with Gasteiger partial charge in [0.1, 0.15) is 0 Å². The number of hydrogen-bond acceptors (Lipinski definition) is 2. The van der Waals surface area contributed by atoms with Crippen LogP contribution in [-0.2, 0) is 17.2 Å². The minimum Gasteiger partial charge on any atom is -0.259 e. The molecule has 2 nitrogen and oxygen atoms in total. The van der Waals surface area contributed by atoms with Gasteiger partial charge < -0.3 is 0 Å². The van der Waals surface area contributed by atoms with Crippen molar-refractivity contribution in [2.24, 2.45) is 0 Å². The second kappa shape index (κ2) is 6.98.